The molecule has 0 radical (unpaired) electrons. The molecular formula is C12H14ClF2NO3. The fraction of sp³-hybridized carbons (Fsp3) is 0.417. The van der Waals surface area contributed by atoms with E-state index in [1.165, 1.54) is 7.11 Å². The fourth-order valence-corrected chi connectivity index (χ4v) is 1.66. The Morgan fingerprint density at radius 1 is 1.47 bits per heavy atom. The van der Waals surface area contributed by atoms with Crippen LogP contribution in [0.4, 0.5) is 8.78 Å². The number of aliphatic hydroxyl groups excluding tert-OH is 1. The topological polar surface area (TPSA) is 58.6 Å². The lowest BCUT2D eigenvalue weighted by atomic mass is 10.2. The zero-order valence-corrected chi connectivity index (χ0v) is 11.0. The molecule has 1 rings (SSSR count). The minimum Gasteiger partial charge on any atom is -0.391 e. The first-order valence-corrected chi connectivity index (χ1v) is 5.93. The quantitative estimate of drug-likeness (QED) is 0.786. The van der Waals surface area contributed by atoms with Crippen molar-refractivity contribution in [3.63, 3.8) is 0 Å². The molecule has 106 valence electrons. The molecular weight excluding hydrogens is 280 g/mol. The van der Waals surface area contributed by atoms with Gasteiger partial charge in [0.1, 0.15) is 0 Å². The second-order valence-corrected chi connectivity index (χ2v) is 4.31. The fourth-order valence-electron chi connectivity index (χ4n) is 1.42. The number of benzene rings is 1. The minimum absolute atomic E-state index is 0.151. The Bertz CT molecular complexity index is 457. The van der Waals surface area contributed by atoms with E-state index in [1.54, 1.807) is 0 Å². The minimum atomic E-state index is -1.14. The predicted octanol–water partition coefficient (Wildman–Crippen LogP) is 1.75. The van der Waals surface area contributed by atoms with Gasteiger partial charge in [-0.2, -0.15) is 0 Å². The van der Waals surface area contributed by atoms with Crippen molar-refractivity contribution >= 4 is 17.5 Å². The Kier molecular flexibility index (Phi) is 6.14. The number of ether oxygens (including phenoxy) is 1. The van der Waals surface area contributed by atoms with Crippen LogP contribution in [0.1, 0.15) is 16.8 Å². The molecule has 0 fully saturated rings. The maximum Gasteiger partial charge on any atom is 0.252 e. The van der Waals surface area contributed by atoms with Gasteiger partial charge in [-0.1, -0.05) is 11.6 Å². The first kappa shape index (κ1) is 15.8. The van der Waals surface area contributed by atoms with Gasteiger partial charge in [0.05, 0.1) is 23.3 Å². The van der Waals surface area contributed by atoms with Crippen LogP contribution in [0.3, 0.4) is 0 Å². The van der Waals surface area contributed by atoms with E-state index in [-0.39, 0.29) is 30.2 Å². The number of amides is 1. The Hall–Kier alpha value is -1.24. The second kappa shape index (κ2) is 7.37. The van der Waals surface area contributed by atoms with Gasteiger partial charge in [-0.05, 0) is 18.6 Å². The lowest BCUT2D eigenvalue weighted by molar-refractivity contribution is 0.0587. The maximum atomic E-state index is 13.0. The van der Waals surface area contributed by atoms with E-state index >= 15 is 0 Å². The Labute approximate surface area is 114 Å². The number of methoxy groups -OCH3 is 1. The summed E-state index contributed by atoms with van der Waals surface area (Å²) in [6.45, 7) is 0.320. The molecule has 0 spiro atoms. The Morgan fingerprint density at radius 3 is 2.74 bits per heavy atom. The summed E-state index contributed by atoms with van der Waals surface area (Å²) in [5, 5.41) is 11.6. The number of carbonyl (C=O) groups is 1. The van der Waals surface area contributed by atoms with Crippen molar-refractivity contribution < 1.29 is 23.4 Å². The third-order valence-corrected chi connectivity index (χ3v) is 2.69. The van der Waals surface area contributed by atoms with Gasteiger partial charge in [-0.15, -0.1) is 0 Å². The summed E-state index contributed by atoms with van der Waals surface area (Å²) in [5.41, 5.74) is -0.151. The molecule has 1 aromatic rings. The van der Waals surface area contributed by atoms with Crippen molar-refractivity contribution in [2.75, 3.05) is 20.3 Å². The van der Waals surface area contributed by atoms with E-state index in [0.717, 1.165) is 12.1 Å². The highest BCUT2D eigenvalue weighted by atomic mass is 35.5. The van der Waals surface area contributed by atoms with Gasteiger partial charge in [0.15, 0.2) is 11.6 Å². The molecule has 1 atom stereocenters. The highest BCUT2D eigenvalue weighted by molar-refractivity contribution is 6.33. The molecule has 0 saturated heterocycles. The van der Waals surface area contributed by atoms with Crippen molar-refractivity contribution in [2.45, 2.75) is 12.5 Å². The summed E-state index contributed by atoms with van der Waals surface area (Å²) in [5.74, 6) is -2.89. The average molecular weight is 294 g/mol. The van der Waals surface area contributed by atoms with Crippen LogP contribution in [0.5, 0.6) is 0 Å². The molecule has 0 heterocycles. The Morgan fingerprint density at radius 2 is 2.11 bits per heavy atom. The molecule has 0 aromatic heterocycles. The third-order valence-electron chi connectivity index (χ3n) is 2.38. The first-order chi connectivity index (χ1) is 8.95. The standard InChI is InChI=1S/C12H14ClF2NO3/c1-19-6-7(17)2-3-16-12(18)8-4-10(14)11(15)5-9(8)13/h4-5,7,17H,2-3,6H2,1H3,(H,16,18). The predicted molar refractivity (Wildman–Crippen MR) is 66.2 cm³/mol. The lowest BCUT2D eigenvalue weighted by Crippen LogP contribution is -2.28. The van der Waals surface area contributed by atoms with Crippen LogP contribution in [-0.2, 0) is 4.74 Å². The van der Waals surface area contributed by atoms with E-state index in [0.29, 0.717) is 0 Å². The van der Waals surface area contributed by atoms with Crippen molar-refractivity contribution in [2.24, 2.45) is 0 Å². The molecule has 19 heavy (non-hydrogen) atoms. The summed E-state index contributed by atoms with van der Waals surface area (Å²) >= 11 is 5.65. The van der Waals surface area contributed by atoms with E-state index in [9.17, 15) is 18.7 Å². The number of halogens is 3. The number of rotatable bonds is 6. The molecule has 2 N–H and O–H groups in total. The van der Waals surface area contributed by atoms with Gasteiger partial charge in [0, 0.05) is 13.7 Å². The van der Waals surface area contributed by atoms with E-state index < -0.39 is 23.6 Å². The largest absolute Gasteiger partial charge is 0.391 e. The monoisotopic (exact) mass is 293 g/mol. The summed E-state index contributed by atoms with van der Waals surface area (Å²) in [7, 11) is 1.45. The molecule has 0 aliphatic rings. The van der Waals surface area contributed by atoms with Crippen LogP contribution in [0.15, 0.2) is 12.1 Å². The number of carbonyl (C=O) groups excluding carboxylic acids is 1. The molecule has 0 saturated carbocycles. The average Bonchev–Trinajstić information content (AvgIpc) is 2.34. The molecule has 1 aromatic carbocycles. The number of hydrogen-bond acceptors (Lipinski definition) is 3. The van der Waals surface area contributed by atoms with Crippen LogP contribution >= 0.6 is 11.6 Å². The molecule has 0 aliphatic heterocycles. The van der Waals surface area contributed by atoms with E-state index in [2.05, 4.69) is 5.32 Å². The second-order valence-electron chi connectivity index (χ2n) is 3.90. The Balaban J connectivity index is 2.57. The summed E-state index contributed by atoms with van der Waals surface area (Å²) in [6.07, 6.45) is -0.424. The van der Waals surface area contributed by atoms with Gasteiger partial charge in [-0.25, -0.2) is 8.78 Å². The zero-order chi connectivity index (χ0) is 14.4. The molecule has 0 aliphatic carbocycles. The van der Waals surface area contributed by atoms with Crippen molar-refractivity contribution in [1.82, 2.24) is 5.32 Å². The summed E-state index contributed by atoms with van der Waals surface area (Å²) in [4.78, 5) is 11.7. The maximum absolute atomic E-state index is 13.0. The van der Waals surface area contributed by atoms with Crippen molar-refractivity contribution in [3.05, 3.63) is 34.4 Å². The number of nitrogens with one attached hydrogen (secondary N) is 1. The van der Waals surface area contributed by atoms with Gasteiger partial charge in [-0.3, -0.25) is 4.79 Å². The van der Waals surface area contributed by atoms with Gasteiger partial charge >= 0.3 is 0 Å². The van der Waals surface area contributed by atoms with Crippen molar-refractivity contribution in [1.29, 1.82) is 0 Å². The third kappa shape index (κ3) is 4.74. The molecule has 0 bridgehead atoms. The summed E-state index contributed by atoms with van der Waals surface area (Å²) < 4.78 is 30.5. The van der Waals surface area contributed by atoms with E-state index in [1.807, 2.05) is 0 Å². The normalized spacial score (nSPS) is 12.3. The number of aliphatic hydroxyl groups is 1. The van der Waals surface area contributed by atoms with Crippen LogP contribution in [-0.4, -0.2) is 37.4 Å². The lowest BCUT2D eigenvalue weighted by Gasteiger charge is -2.11. The van der Waals surface area contributed by atoms with Crippen LogP contribution in [0, 0.1) is 11.6 Å². The SMILES string of the molecule is COCC(O)CCNC(=O)c1cc(F)c(F)cc1Cl. The first-order valence-electron chi connectivity index (χ1n) is 5.55. The van der Waals surface area contributed by atoms with Crippen molar-refractivity contribution in [3.8, 4) is 0 Å². The van der Waals surface area contributed by atoms with Gasteiger partial charge in [0.2, 0.25) is 0 Å². The van der Waals surface area contributed by atoms with E-state index in [4.69, 9.17) is 16.3 Å². The van der Waals surface area contributed by atoms with Gasteiger partial charge in [0.25, 0.3) is 5.91 Å². The zero-order valence-electron chi connectivity index (χ0n) is 10.3. The van der Waals surface area contributed by atoms with Crippen LogP contribution < -0.4 is 5.32 Å². The van der Waals surface area contributed by atoms with Gasteiger partial charge < -0.3 is 15.2 Å². The smallest absolute Gasteiger partial charge is 0.252 e. The molecule has 4 nitrogen and oxygen atoms in total. The molecule has 1 unspecified atom stereocenters. The van der Waals surface area contributed by atoms with Crippen LogP contribution in [0.25, 0.3) is 0 Å². The summed E-state index contributed by atoms with van der Waals surface area (Å²) in [6, 6.07) is 1.48. The number of hydrogen-bond donors (Lipinski definition) is 2. The highest BCUT2D eigenvalue weighted by Gasteiger charge is 2.15. The highest BCUT2D eigenvalue weighted by Crippen LogP contribution is 2.19. The van der Waals surface area contributed by atoms with Crippen LogP contribution in [0.2, 0.25) is 5.02 Å². The molecule has 1 amide bonds. The molecule has 7 heteroatoms.